The van der Waals surface area contributed by atoms with Gasteiger partial charge in [-0.3, -0.25) is 0 Å². The van der Waals surface area contributed by atoms with Gasteiger partial charge in [0.2, 0.25) is 0 Å². The van der Waals surface area contributed by atoms with Crippen LogP contribution in [0.15, 0.2) is 193 Å². The number of hydrogen-bond donors (Lipinski definition) is 0. The van der Waals surface area contributed by atoms with E-state index in [1.54, 1.807) is 0 Å². The van der Waals surface area contributed by atoms with Crippen molar-refractivity contribution in [1.82, 2.24) is 0 Å². The second-order valence-electron chi connectivity index (χ2n) is 14.6. The normalized spacial score (nSPS) is 14.5. The van der Waals surface area contributed by atoms with Crippen LogP contribution < -0.4 is 4.90 Å². The lowest BCUT2D eigenvalue weighted by Gasteiger charge is -2.27. The Hall–Kier alpha value is -6.64. The molecule has 0 spiro atoms. The maximum absolute atomic E-state index is 6.91. The second kappa shape index (κ2) is 13.4. The summed E-state index contributed by atoms with van der Waals surface area (Å²) >= 11 is 0. The van der Waals surface area contributed by atoms with Crippen LogP contribution in [0.2, 0.25) is 0 Å². The van der Waals surface area contributed by atoms with Crippen LogP contribution in [0, 0.1) is 5.92 Å². The van der Waals surface area contributed by atoms with Crippen molar-refractivity contribution < 1.29 is 4.42 Å². The molecule has 1 heterocycles. The maximum atomic E-state index is 6.91. The van der Waals surface area contributed by atoms with Crippen LogP contribution in [-0.2, 0) is 0 Å². The van der Waals surface area contributed by atoms with Gasteiger partial charge in [-0.15, -0.1) is 0 Å². The molecular formula is C52H39NO. The summed E-state index contributed by atoms with van der Waals surface area (Å²) in [6.07, 6.45) is 8.97. The molecule has 1 aliphatic carbocycles. The first-order valence-corrected chi connectivity index (χ1v) is 19.0. The van der Waals surface area contributed by atoms with E-state index in [4.69, 9.17) is 4.42 Å². The fraction of sp³-hybridized carbons (Fsp3) is 0.0769. The minimum Gasteiger partial charge on any atom is -0.455 e. The summed E-state index contributed by atoms with van der Waals surface area (Å²) < 4.78 is 6.91. The number of benzene rings is 8. The highest BCUT2D eigenvalue weighted by Crippen LogP contribution is 2.48. The van der Waals surface area contributed by atoms with Gasteiger partial charge in [-0.25, -0.2) is 0 Å². The van der Waals surface area contributed by atoms with E-state index in [1.165, 1.54) is 49.5 Å². The van der Waals surface area contributed by atoms with Gasteiger partial charge in [-0.05, 0) is 111 Å². The van der Waals surface area contributed by atoms with E-state index in [-0.39, 0.29) is 0 Å². The molecule has 0 N–H and O–H groups in total. The summed E-state index contributed by atoms with van der Waals surface area (Å²) in [7, 11) is 0. The van der Waals surface area contributed by atoms with E-state index in [0.29, 0.717) is 5.92 Å². The highest BCUT2D eigenvalue weighted by molar-refractivity contribution is 6.23. The first-order valence-electron chi connectivity index (χ1n) is 19.0. The van der Waals surface area contributed by atoms with Gasteiger partial charge in [-0.2, -0.15) is 0 Å². The van der Waals surface area contributed by atoms with Gasteiger partial charge in [0.05, 0.1) is 11.1 Å². The van der Waals surface area contributed by atoms with E-state index < -0.39 is 0 Å². The minimum atomic E-state index is 0.595. The Morgan fingerprint density at radius 2 is 1.26 bits per heavy atom. The fourth-order valence-electron chi connectivity index (χ4n) is 8.45. The van der Waals surface area contributed by atoms with Gasteiger partial charge < -0.3 is 9.32 Å². The summed E-state index contributed by atoms with van der Waals surface area (Å²) in [6.45, 7) is 2.34. The lowest BCUT2D eigenvalue weighted by Crippen LogP contribution is -2.10. The number of nitrogens with zero attached hydrogens (tertiary/aromatic N) is 1. The highest BCUT2D eigenvalue weighted by atomic mass is 16.3. The van der Waals surface area contributed by atoms with Gasteiger partial charge in [0.25, 0.3) is 0 Å². The molecule has 54 heavy (non-hydrogen) atoms. The molecule has 1 aliphatic rings. The molecule has 0 aliphatic heterocycles. The van der Waals surface area contributed by atoms with E-state index >= 15 is 0 Å². The fourth-order valence-corrected chi connectivity index (χ4v) is 8.45. The Bertz CT molecular complexity index is 2910. The number of rotatable bonds is 6. The van der Waals surface area contributed by atoms with Crippen LogP contribution in [0.5, 0.6) is 0 Å². The van der Waals surface area contributed by atoms with Crippen LogP contribution in [0.25, 0.3) is 71.3 Å². The zero-order chi connectivity index (χ0) is 36.0. The lowest BCUT2D eigenvalue weighted by molar-refractivity contribution is 0.614. The number of hydrogen-bond acceptors (Lipinski definition) is 2. The minimum absolute atomic E-state index is 0.595. The molecule has 8 aromatic carbocycles. The molecule has 2 nitrogen and oxygen atoms in total. The van der Waals surface area contributed by atoms with Crippen LogP contribution in [0.4, 0.5) is 17.1 Å². The second-order valence-corrected chi connectivity index (χ2v) is 14.6. The van der Waals surface area contributed by atoms with Gasteiger partial charge in [0, 0.05) is 22.1 Å². The molecule has 258 valence electrons. The average Bonchev–Trinajstić information content (AvgIpc) is 3.47. The van der Waals surface area contributed by atoms with Crippen molar-refractivity contribution in [3.8, 4) is 22.3 Å². The van der Waals surface area contributed by atoms with Crippen molar-refractivity contribution in [3.05, 3.63) is 194 Å². The Morgan fingerprint density at radius 3 is 2.15 bits per heavy atom. The van der Waals surface area contributed by atoms with Crippen LogP contribution >= 0.6 is 0 Å². The molecule has 2 heteroatoms. The van der Waals surface area contributed by atoms with Gasteiger partial charge >= 0.3 is 0 Å². The van der Waals surface area contributed by atoms with E-state index in [9.17, 15) is 0 Å². The van der Waals surface area contributed by atoms with Crippen molar-refractivity contribution in [3.63, 3.8) is 0 Å². The first kappa shape index (κ1) is 32.0. The topological polar surface area (TPSA) is 16.4 Å². The Kier molecular flexibility index (Phi) is 7.95. The smallest absolute Gasteiger partial charge is 0.143 e. The predicted molar refractivity (Wildman–Crippen MR) is 230 cm³/mol. The number of fused-ring (bicyclic) bond motifs is 6. The molecular weight excluding hydrogens is 655 g/mol. The molecule has 0 saturated heterocycles. The van der Waals surface area contributed by atoms with Crippen LogP contribution in [0.1, 0.15) is 25.3 Å². The van der Waals surface area contributed by atoms with E-state index in [0.717, 1.165) is 57.2 Å². The summed E-state index contributed by atoms with van der Waals surface area (Å²) in [5.74, 6) is 0.595. The largest absolute Gasteiger partial charge is 0.455 e. The SMILES string of the molecule is C[C@H]1CC=CC=C(c2cccc(N(c3ccc4ccccc4c3)c3cccc4oc5c6ccccc6c(-c6ccccc6-c6ccccc6)cc5c34)c2)C1. The molecule has 9 aromatic rings. The van der Waals surface area contributed by atoms with Crippen molar-refractivity contribution >= 4 is 66.1 Å². The molecule has 0 saturated carbocycles. The molecule has 0 radical (unpaired) electrons. The lowest BCUT2D eigenvalue weighted by atomic mass is 9.90. The quantitative estimate of drug-likeness (QED) is 0.172. The predicted octanol–water partition coefficient (Wildman–Crippen LogP) is 15.1. The molecule has 0 bridgehead atoms. The van der Waals surface area contributed by atoms with Gasteiger partial charge in [0.15, 0.2) is 0 Å². The Labute approximate surface area is 315 Å². The number of furan rings is 1. The van der Waals surface area contributed by atoms with E-state index in [1.807, 2.05) is 0 Å². The molecule has 0 unspecified atom stereocenters. The Morgan fingerprint density at radius 1 is 0.537 bits per heavy atom. The highest BCUT2D eigenvalue weighted by Gasteiger charge is 2.23. The monoisotopic (exact) mass is 693 g/mol. The molecule has 1 atom stereocenters. The van der Waals surface area contributed by atoms with Crippen molar-refractivity contribution in [2.75, 3.05) is 4.90 Å². The number of anilines is 3. The summed E-state index contributed by atoms with van der Waals surface area (Å²) in [5, 5.41) is 6.91. The summed E-state index contributed by atoms with van der Waals surface area (Å²) in [4.78, 5) is 2.43. The third-order valence-electron chi connectivity index (χ3n) is 11.0. The molecule has 1 aromatic heterocycles. The third-order valence-corrected chi connectivity index (χ3v) is 11.0. The molecule has 0 fully saturated rings. The Balaban J connectivity index is 1.25. The van der Waals surface area contributed by atoms with Crippen molar-refractivity contribution in [1.29, 1.82) is 0 Å². The van der Waals surface area contributed by atoms with Gasteiger partial charge in [-0.1, -0.05) is 153 Å². The third kappa shape index (κ3) is 5.59. The van der Waals surface area contributed by atoms with Crippen LogP contribution in [-0.4, -0.2) is 0 Å². The summed E-state index contributed by atoms with van der Waals surface area (Å²) in [6, 6.07) is 61.5. The average molecular weight is 694 g/mol. The van der Waals surface area contributed by atoms with Gasteiger partial charge in [0.1, 0.15) is 11.2 Å². The van der Waals surface area contributed by atoms with Crippen molar-refractivity contribution in [2.45, 2.75) is 19.8 Å². The first-order chi connectivity index (χ1) is 26.7. The summed E-state index contributed by atoms with van der Waals surface area (Å²) in [5.41, 5.74) is 12.5. The maximum Gasteiger partial charge on any atom is 0.143 e. The zero-order valence-corrected chi connectivity index (χ0v) is 30.2. The zero-order valence-electron chi connectivity index (χ0n) is 30.2. The van der Waals surface area contributed by atoms with E-state index in [2.05, 4.69) is 200 Å². The van der Waals surface area contributed by atoms with Crippen LogP contribution in [0.3, 0.4) is 0 Å². The molecule has 0 amide bonds. The number of allylic oxidation sites excluding steroid dienone is 4. The molecule has 10 rings (SSSR count). The van der Waals surface area contributed by atoms with Crippen molar-refractivity contribution in [2.24, 2.45) is 5.92 Å². The standard InChI is InChI=1S/C52H39NO/c1-35-15-5-6-19-38(31-35)40-21-13-22-41(33-40)53(42-30-29-36-16-7-8-20-39(36)32-42)49-27-14-28-50-51(49)48-34-47(45-25-11-12-26-46(45)52(48)54-50)44-24-10-9-23-43(44)37-17-3-2-4-18-37/h2-14,16-30,32-35H,15,31H2,1H3/t35-/m0/s1.